The number of piperazine rings is 1. The molecule has 0 bridgehead atoms. The van der Waals surface area contributed by atoms with Crippen molar-refractivity contribution in [2.45, 2.75) is 13.5 Å². The van der Waals surface area contributed by atoms with Crippen molar-refractivity contribution in [3.63, 3.8) is 0 Å². The van der Waals surface area contributed by atoms with Gasteiger partial charge in [0.2, 0.25) is 17.8 Å². The lowest BCUT2D eigenvalue weighted by Crippen LogP contribution is -2.44. The van der Waals surface area contributed by atoms with E-state index in [0.717, 1.165) is 26.2 Å². The number of aromatic nitrogens is 4. The van der Waals surface area contributed by atoms with Gasteiger partial charge in [-0.3, -0.25) is 18.7 Å². The van der Waals surface area contributed by atoms with Crippen LogP contribution >= 0.6 is 0 Å². The van der Waals surface area contributed by atoms with Crippen LogP contribution in [-0.2, 0) is 13.6 Å². The third kappa shape index (κ3) is 3.95. The summed E-state index contributed by atoms with van der Waals surface area (Å²) >= 11 is 0. The molecule has 4 N–H and O–H groups in total. The molecule has 0 aliphatic carbocycles. The van der Waals surface area contributed by atoms with E-state index in [-0.39, 0.29) is 5.56 Å². The predicted octanol–water partition coefficient (Wildman–Crippen LogP) is 0.405. The second-order valence-electron chi connectivity index (χ2n) is 7.20. The smallest absolute Gasteiger partial charge is 0.281 e. The Hall–Kier alpha value is -3.84. The average molecular weight is 420 g/mol. The minimum absolute atomic E-state index is 0.215. The number of benzene rings is 1. The van der Waals surface area contributed by atoms with Crippen LogP contribution in [0.15, 0.2) is 29.1 Å². The van der Waals surface area contributed by atoms with E-state index < -0.39 is 5.91 Å². The molecule has 4 rings (SSSR count). The molecule has 3 heterocycles. The SMILES string of the molecule is CC#CCn1c(N2CCNCC2)nc2nc(Nc3ccc(C(N)=O)cc3)n(C)c(=O)c21. The molecule has 1 aromatic carbocycles. The van der Waals surface area contributed by atoms with Crippen LogP contribution in [0.2, 0.25) is 0 Å². The quantitative estimate of drug-likeness (QED) is 0.511. The number of nitrogens with zero attached hydrogens (tertiary/aromatic N) is 5. The fourth-order valence-electron chi connectivity index (χ4n) is 3.52. The van der Waals surface area contributed by atoms with Gasteiger partial charge in [-0.05, 0) is 31.2 Å². The van der Waals surface area contributed by atoms with Crippen LogP contribution in [0, 0.1) is 11.8 Å². The Labute approximate surface area is 179 Å². The Balaban J connectivity index is 1.78. The maximum Gasteiger partial charge on any atom is 0.281 e. The van der Waals surface area contributed by atoms with Gasteiger partial charge in [0.1, 0.15) is 0 Å². The van der Waals surface area contributed by atoms with E-state index in [1.807, 2.05) is 4.57 Å². The summed E-state index contributed by atoms with van der Waals surface area (Å²) in [7, 11) is 1.65. The van der Waals surface area contributed by atoms with Gasteiger partial charge in [0.05, 0.1) is 6.54 Å². The van der Waals surface area contributed by atoms with Crippen molar-refractivity contribution < 1.29 is 4.79 Å². The van der Waals surface area contributed by atoms with Gasteiger partial charge in [-0.1, -0.05) is 5.92 Å². The summed E-state index contributed by atoms with van der Waals surface area (Å²) in [5.41, 5.74) is 6.94. The van der Waals surface area contributed by atoms with Crippen molar-refractivity contribution in [3.8, 4) is 11.8 Å². The highest BCUT2D eigenvalue weighted by Gasteiger charge is 2.23. The maximum atomic E-state index is 13.2. The number of carbonyl (C=O) groups is 1. The van der Waals surface area contributed by atoms with Gasteiger partial charge < -0.3 is 21.3 Å². The Bertz CT molecular complexity index is 1240. The molecular formula is C21H24N8O2. The minimum atomic E-state index is -0.500. The van der Waals surface area contributed by atoms with Crippen LogP contribution in [0.25, 0.3) is 11.2 Å². The van der Waals surface area contributed by atoms with E-state index in [9.17, 15) is 9.59 Å². The number of fused-ring (bicyclic) bond motifs is 1. The molecule has 1 fully saturated rings. The second-order valence-corrected chi connectivity index (χ2v) is 7.20. The Morgan fingerprint density at radius 3 is 2.58 bits per heavy atom. The van der Waals surface area contributed by atoms with Crippen molar-refractivity contribution in [3.05, 3.63) is 40.2 Å². The lowest BCUT2D eigenvalue weighted by Gasteiger charge is -2.28. The number of nitrogens with one attached hydrogen (secondary N) is 2. The van der Waals surface area contributed by atoms with Gasteiger partial charge in [-0.15, -0.1) is 5.92 Å². The number of amides is 1. The monoisotopic (exact) mass is 420 g/mol. The summed E-state index contributed by atoms with van der Waals surface area (Å²) in [6.07, 6.45) is 0. The first kappa shape index (κ1) is 20.4. The van der Waals surface area contributed by atoms with Gasteiger partial charge >= 0.3 is 0 Å². The number of hydrogen-bond donors (Lipinski definition) is 3. The van der Waals surface area contributed by atoms with Crippen LogP contribution < -0.4 is 26.8 Å². The largest absolute Gasteiger partial charge is 0.366 e. The maximum absolute atomic E-state index is 13.2. The molecule has 0 saturated carbocycles. The summed E-state index contributed by atoms with van der Waals surface area (Å²) < 4.78 is 3.29. The number of imidazole rings is 1. The van der Waals surface area contributed by atoms with Crippen molar-refractivity contribution in [2.24, 2.45) is 12.8 Å². The highest BCUT2D eigenvalue weighted by Crippen LogP contribution is 2.22. The lowest BCUT2D eigenvalue weighted by atomic mass is 10.2. The number of nitrogens with two attached hydrogens (primary N) is 1. The molecule has 31 heavy (non-hydrogen) atoms. The molecule has 0 spiro atoms. The molecule has 1 saturated heterocycles. The van der Waals surface area contributed by atoms with Crippen molar-refractivity contribution in [1.82, 2.24) is 24.4 Å². The predicted molar refractivity (Wildman–Crippen MR) is 120 cm³/mol. The topological polar surface area (TPSA) is 123 Å². The Morgan fingerprint density at radius 2 is 1.94 bits per heavy atom. The molecule has 10 nitrogen and oxygen atoms in total. The normalized spacial score (nSPS) is 13.7. The number of primary amides is 1. The lowest BCUT2D eigenvalue weighted by molar-refractivity contribution is 0.100. The molecule has 0 radical (unpaired) electrons. The molecule has 1 amide bonds. The second kappa shape index (κ2) is 8.49. The van der Waals surface area contributed by atoms with Gasteiger partial charge in [0.25, 0.3) is 5.56 Å². The molecule has 3 aromatic rings. The van der Waals surface area contributed by atoms with Crippen LogP contribution in [0.1, 0.15) is 17.3 Å². The summed E-state index contributed by atoms with van der Waals surface area (Å²) in [6, 6.07) is 6.64. The van der Waals surface area contributed by atoms with Crippen molar-refractivity contribution >= 4 is 34.7 Å². The summed E-state index contributed by atoms with van der Waals surface area (Å²) in [5.74, 6) is 6.48. The van der Waals surface area contributed by atoms with Gasteiger partial charge in [-0.25, -0.2) is 0 Å². The van der Waals surface area contributed by atoms with E-state index >= 15 is 0 Å². The van der Waals surface area contributed by atoms with E-state index in [0.29, 0.717) is 40.9 Å². The first-order valence-electron chi connectivity index (χ1n) is 9.99. The first-order chi connectivity index (χ1) is 15.0. The number of carbonyl (C=O) groups excluding carboxylic acids is 1. The number of hydrogen-bond acceptors (Lipinski definition) is 7. The minimum Gasteiger partial charge on any atom is -0.366 e. The average Bonchev–Trinajstić information content (AvgIpc) is 3.15. The van der Waals surface area contributed by atoms with Crippen molar-refractivity contribution in [1.29, 1.82) is 0 Å². The molecule has 160 valence electrons. The summed E-state index contributed by atoms with van der Waals surface area (Å²) in [4.78, 5) is 36.0. The zero-order valence-corrected chi connectivity index (χ0v) is 17.5. The van der Waals surface area contributed by atoms with E-state index in [4.69, 9.17) is 10.7 Å². The zero-order chi connectivity index (χ0) is 22.0. The first-order valence-corrected chi connectivity index (χ1v) is 9.99. The summed E-state index contributed by atoms with van der Waals surface area (Å²) in [5, 5.41) is 6.44. The van der Waals surface area contributed by atoms with Crippen molar-refractivity contribution in [2.75, 3.05) is 36.4 Å². The molecule has 10 heteroatoms. The fraction of sp³-hybridized carbons (Fsp3) is 0.333. The fourth-order valence-corrected chi connectivity index (χ4v) is 3.52. The van der Waals surface area contributed by atoms with E-state index in [1.165, 1.54) is 4.57 Å². The van der Waals surface area contributed by atoms with Crippen LogP contribution in [0.3, 0.4) is 0 Å². The standard InChI is InChI=1S/C21H24N8O2/c1-3-4-11-29-16-18(26-21(29)28-12-9-23-10-13-28)25-20(27(2)19(16)31)24-15-7-5-14(6-8-15)17(22)30/h5-8,23H,9-13H2,1-2H3,(H2,22,30)(H,24,25). The third-order valence-corrected chi connectivity index (χ3v) is 5.21. The number of rotatable bonds is 5. The molecule has 2 aromatic heterocycles. The Kier molecular flexibility index (Phi) is 5.60. The molecule has 1 aliphatic rings. The summed E-state index contributed by atoms with van der Waals surface area (Å²) in [6.45, 7) is 5.42. The van der Waals surface area contributed by atoms with Gasteiger partial charge in [-0.2, -0.15) is 9.97 Å². The van der Waals surface area contributed by atoms with E-state index in [1.54, 1.807) is 38.2 Å². The molecule has 0 atom stereocenters. The third-order valence-electron chi connectivity index (χ3n) is 5.21. The van der Waals surface area contributed by atoms with Crippen LogP contribution in [0.4, 0.5) is 17.6 Å². The molecule has 0 unspecified atom stereocenters. The van der Waals surface area contributed by atoms with Gasteiger partial charge in [0, 0.05) is 44.5 Å². The van der Waals surface area contributed by atoms with Crippen LogP contribution in [-0.4, -0.2) is 51.2 Å². The highest BCUT2D eigenvalue weighted by atomic mass is 16.1. The number of anilines is 3. The Morgan fingerprint density at radius 1 is 1.23 bits per heavy atom. The van der Waals surface area contributed by atoms with E-state index in [2.05, 4.69) is 32.4 Å². The molecular weight excluding hydrogens is 396 g/mol. The molecule has 1 aliphatic heterocycles. The van der Waals surface area contributed by atoms with Gasteiger partial charge in [0.15, 0.2) is 11.2 Å². The zero-order valence-electron chi connectivity index (χ0n) is 17.5. The highest BCUT2D eigenvalue weighted by molar-refractivity contribution is 5.93. The van der Waals surface area contributed by atoms with Crippen LogP contribution in [0.5, 0.6) is 0 Å².